The Hall–Kier alpha value is -2.69. The van der Waals surface area contributed by atoms with Gasteiger partial charge in [-0.25, -0.2) is 14.4 Å². The molecular formula is C19H23FN4. The molecule has 0 aliphatic carbocycles. The van der Waals surface area contributed by atoms with E-state index in [2.05, 4.69) is 19.9 Å². The Morgan fingerprint density at radius 1 is 0.750 bits per heavy atom. The Morgan fingerprint density at radius 2 is 1.38 bits per heavy atom. The van der Waals surface area contributed by atoms with Crippen molar-refractivity contribution < 1.29 is 4.39 Å². The summed E-state index contributed by atoms with van der Waals surface area (Å²) in [6.45, 7) is 9.44. The number of nitrogens with zero attached hydrogens (tertiary/aromatic N) is 4. The van der Waals surface area contributed by atoms with Gasteiger partial charge in [0.15, 0.2) is 0 Å². The molecular weight excluding hydrogens is 303 g/mol. The Balaban J connectivity index is 0.000000180. The predicted octanol–water partition coefficient (Wildman–Crippen LogP) is 4.32. The number of aromatic nitrogens is 4. The zero-order chi connectivity index (χ0) is 17.9. The predicted molar refractivity (Wildman–Crippen MR) is 94.1 cm³/mol. The van der Waals surface area contributed by atoms with Crippen LogP contribution in [-0.4, -0.2) is 19.9 Å². The van der Waals surface area contributed by atoms with Crippen LogP contribution < -0.4 is 0 Å². The fourth-order valence-electron chi connectivity index (χ4n) is 1.71. The van der Waals surface area contributed by atoms with E-state index in [0.29, 0.717) is 5.56 Å². The number of aryl methyl sites for hydroxylation is 5. The van der Waals surface area contributed by atoms with E-state index in [4.69, 9.17) is 0 Å². The molecule has 1 aromatic carbocycles. The Morgan fingerprint density at radius 3 is 1.71 bits per heavy atom. The van der Waals surface area contributed by atoms with Crippen molar-refractivity contribution in [1.29, 1.82) is 0 Å². The first-order chi connectivity index (χ1) is 11.4. The van der Waals surface area contributed by atoms with Gasteiger partial charge < -0.3 is 0 Å². The van der Waals surface area contributed by atoms with Crippen LogP contribution in [0.2, 0.25) is 0 Å². The first kappa shape index (κ1) is 19.4. The molecule has 2 aromatic heterocycles. The van der Waals surface area contributed by atoms with Crippen LogP contribution >= 0.6 is 0 Å². The first-order valence-corrected chi connectivity index (χ1v) is 7.61. The third-order valence-corrected chi connectivity index (χ3v) is 2.87. The quantitative estimate of drug-likeness (QED) is 0.617. The minimum Gasteiger partial charge on any atom is -0.261 e. The van der Waals surface area contributed by atoms with Gasteiger partial charge in [0.25, 0.3) is 0 Å². The molecule has 0 aliphatic rings. The highest BCUT2D eigenvalue weighted by Crippen LogP contribution is 2.02. The van der Waals surface area contributed by atoms with Crippen molar-refractivity contribution in [3.63, 3.8) is 0 Å². The summed E-state index contributed by atoms with van der Waals surface area (Å²) in [6.07, 6.45) is 5.25. The largest absolute Gasteiger partial charge is 0.261 e. The maximum atomic E-state index is 12.3. The molecule has 5 heteroatoms. The highest BCUT2D eigenvalue weighted by molar-refractivity contribution is 5.14. The van der Waals surface area contributed by atoms with E-state index >= 15 is 0 Å². The molecule has 3 aromatic rings. The lowest BCUT2D eigenvalue weighted by molar-refractivity contribution is 0.618. The van der Waals surface area contributed by atoms with Gasteiger partial charge in [0.2, 0.25) is 0 Å². The van der Waals surface area contributed by atoms with Crippen LogP contribution in [0.15, 0.2) is 48.9 Å². The summed E-state index contributed by atoms with van der Waals surface area (Å²) >= 11 is 0. The molecule has 0 radical (unpaired) electrons. The normalized spacial score (nSPS) is 9.25. The summed E-state index contributed by atoms with van der Waals surface area (Å²) in [4.78, 5) is 16.0. The van der Waals surface area contributed by atoms with E-state index in [9.17, 15) is 4.39 Å². The zero-order valence-corrected chi connectivity index (χ0v) is 14.8. The van der Waals surface area contributed by atoms with E-state index in [0.717, 1.165) is 22.9 Å². The third kappa shape index (κ3) is 8.08. The van der Waals surface area contributed by atoms with Gasteiger partial charge in [-0.3, -0.25) is 9.97 Å². The maximum Gasteiger partial charge on any atom is 0.126 e. The lowest BCUT2D eigenvalue weighted by atomic mass is 10.2. The molecule has 0 atom stereocenters. The van der Waals surface area contributed by atoms with Gasteiger partial charge in [0.05, 0.1) is 11.4 Å². The molecule has 0 fully saturated rings. The second-order valence-corrected chi connectivity index (χ2v) is 5.30. The zero-order valence-electron chi connectivity index (χ0n) is 14.8. The summed E-state index contributed by atoms with van der Waals surface area (Å²) in [6, 6.07) is 8.58. The highest BCUT2D eigenvalue weighted by atomic mass is 19.1. The van der Waals surface area contributed by atoms with Crippen LogP contribution in [0.3, 0.4) is 0 Å². The molecule has 0 N–H and O–H groups in total. The highest BCUT2D eigenvalue weighted by Gasteiger charge is 1.88. The van der Waals surface area contributed by atoms with E-state index < -0.39 is 0 Å². The van der Waals surface area contributed by atoms with Crippen LogP contribution in [-0.2, 0) is 0 Å². The summed E-state index contributed by atoms with van der Waals surface area (Å²) in [5.74, 6) is 0.706. The van der Waals surface area contributed by atoms with Crippen molar-refractivity contribution >= 4 is 0 Å². The van der Waals surface area contributed by atoms with Gasteiger partial charge in [-0.2, -0.15) is 0 Å². The molecule has 2 heterocycles. The smallest absolute Gasteiger partial charge is 0.126 e. The summed E-state index contributed by atoms with van der Waals surface area (Å²) in [5, 5.41) is 0. The lowest BCUT2D eigenvalue weighted by Gasteiger charge is -1.89. The Kier molecular flexibility index (Phi) is 8.19. The molecule has 24 heavy (non-hydrogen) atoms. The molecule has 0 unspecified atom stereocenters. The van der Waals surface area contributed by atoms with E-state index in [1.54, 1.807) is 37.6 Å². The fourth-order valence-corrected chi connectivity index (χ4v) is 1.71. The van der Waals surface area contributed by atoms with Gasteiger partial charge in [-0.05, 0) is 52.3 Å². The van der Waals surface area contributed by atoms with Crippen molar-refractivity contribution in [2.75, 3.05) is 0 Å². The van der Waals surface area contributed by atoms with Gasteiger partial charge in [0.1, 0.15) is 11.6 Å². The van der Waals surface area contributed by atoms with Gasteiger partial charge >= 0.3 is 0 Å². The standard InChI is InChI=1S/C7H7F.2C6H8N2/c1-6-4-2-3-5-7(6)8;1-5-3-7-4-6(2)8-5;1-5-3-4-7-6(2)8-5/h2-5H,1H3;2*3-4H,1-2H3. The monoisotopic (exact) mass is 326 g/mol. The Labute approximate surface area is 142 Å². The SMILES string of the molecule is Cc1ccccc1F.Cc1ccnc(C)n1.Cc1cncc(C)n1. The number of hydrogen-bond acceptors (Lipinski definition) is 4. The molecule has 0 aliphatic heterocycles. The number of benzene rings is 1. The number of hydrogen-bond donors (Lipinski definition) is 0. The minimum atomic E-state index is -0.132. The number of halogens is 1. The first-order valence-electron chi connectivity index (χ1n) is 7.61. The van der Waals surface area contributed by atoms with Crippen molar-refractivity contribution in [2.24, 2.45) is 0 Å². The summed E-state index contributed by atoms with van der Waals surface area (Å²) < 4.78 is 12.3. The topological polar surface area (TPSA) is 51.6 Å². The number of rotatable bonds is 0. The summed E-state index contributed by atoms with van der Waals surface area (Å²) in [7, 11) is 0. The lowest BCUT2D eigenvalue weighted by Crippen LogP contribution is -1.86. The van der Waals surface area contributed by atoms with Crippen LogP contribution in [0.5, 0.6) is 0 Å². The van der Waals surface area contributed by atoms with Crippen LogP contribution in [0.1, 0.15) is 28.5 Å². The fraction of sp³-hybridized carbons (Fsp3) is 0.263. The molecule has 126 valence electrons. The van der Waals surface area contributed by atoms with Gasteiger partial charge in [-0.15, -0.1) is 0 Å². The molecule has 0 saturated heterocycles. The molecule has 0 bridgehead atoms. The van der Waals surface area contributed by atoms with Crippen molar-refractivity contribution in [2.45, 2.75) is 34.6 Å². The second kappa shape index (κ2) is 10.2. The van der Waals surface area contributed by atoms with E-state index in [-0.39, 0.29) is 5.82 Å². The van der Waals surface area contributed by atoms with E-state index in [1.165, 1.54) is 6.07 Å². The molecule has 0 saturated carbocycles. The average Bonchev–Trinajstić information content (AvgIpc) is 2.51. The van der Waals surface area contributed by atoms with Gasteiger partial charge in [0, 0.05) is 24.3 Å². The third-order valence-electron chi connectivity index (χ3n) is 2.87. The molecule has 0 spiro atoms. The Bertz CT molecular complexity index is 661. The van der Waals surface area contributed by atoms with Crippen molar-refractivity contribution in [1.82, 2.24) is 19.9 Å². The van der Waals surface area contributed by atoms with Crippen molar-refractivity contribution in [3.05, 3.63) is 83.2 Å². The van der Waals surface area contributed by atoms with Crippen LogP contribution in [0, 0.1) is 40.4 Å². The van der Waals surface area contributed by atoms with E-state index in [1.807, 2.05) is 39.8 Å². The van der Waals surface area contributed by atoms with Crippen LogP contribution in [0.25, 0.3) is 0 Å². The van der Waals surface area contributed by atoms with Crippen molar-refractivity contribution in [3.8, 4) is 0 Å². The molecule has 3 rings (SSSR count). The maximum absolute atomic E-state index is 12.3. The van der Waals surface area contributed by atoms with Gasteiger partial charge in [-0.1, -0.05) is 18.2 Å². The average molecular weight is 326 g/mol. The molecule has 4 nitrogen and oxygen atoms in total. The summed E-state index contributed by atoms with van der Waals surface area (Å²) in [5.41, 5.74) is 3.68. The molecule has 0 amide bonds. The minimum absolute atomic E-state index is 0.132. The second-order valence-electron chi connectivity index (χ2n) is 5.30. The van der Waals surface area contributed by atoms with Crippen LogP contribution in [0.4, 0.5) is 4.39 Å².